The number of aliphatic hydroxyl groups excluding tert-OH is 1. The first kappa shape index (κ1) is 21.6. The number of hydrogen-bond donors (Lipinski definition) is 2. The van der Waals surface area contributed by atoms with E-state index in [9.17, 15) is 9.50 Å². The van der Waals surface area contributed by atoms with Gasteiger partial charge in [-0.25, -0.2) is 13.7 Å². The Bertz CT molecular complexity index is 629. The second-order valence-corrected chi connectivity index (χ2v) is 7.46. The van der Waals surface area contributed by atoms with Gasteiger partial charge in [0.15, 0.2) is 0 Å². The molecule has 1 unspecified atom stereocenters. The molecule has 0 amide bonds. The summed E-state index contributed by atoms with van der Waals surface area (Å²) < 4.78 is 15.4. The van der Waals surface area contributed by atoms with Crippen molar-refractivity contribution in [1.82, 2.24) is 14.5 Å². The van der Waals surface area contributed by atoms with E-state index in [4.69, 9.17) is 0 Å². The van der Waals surface area contributed by atoms with E-state index in [0.29, 0.717) is 11.4 Å². The Kier molecular flexibility index (Phi) is 9.47. The Balaban J connectivity index is 1.86. The van der Waals surface area contributed by atoms with Crippen LogP contribution in [0.2, 0.25) is 0 Å². The number of hydrogen-bond acceptors (Lipinski definition) is 6. The molecule has 1 aliphatic rings. The minimum absolute atomic E-state index is 0.271. The summed E-state index contributed by atoms with van der Waals surface area (Å²) >= 11 is 1.88. The van der Waals surface area contributed by atoms with Crippen molar-refractivity contribution in [3.8, 4) is 0 Å². The fourth-order valence-electron chi connectivity index (χ4n) is 2.72. The lowest BCUT2D eigenvalue weighted by Crippen LogP contribution is -2.43. The smallest absolute Gasteiger partial charge is 0.125 e. The van der Waals surface area contributed by atoms with Crippen LogP contribution in [0.15, 0.2) is 46.1 Å². The van der Waals surface area contributed by atoms with Gasteiger partial charge in [0.2, 0.25) is 0 Å². The largest absolute Gasteiger partial charge is 0.387 e. The summed E-state index contributed by atoms with van der Waals surface area (Å²) in [7, 11) is 0. The predicted molar refractivity (Wildman–Crippen MR) is 112 cm³/mol. The Hall–Kier alpha value is -1.74. The van der Waals surface area contributed by atoms with Crippen molar-refractivity contribution in [3.05, 3.63) is 47.5 Å². The molecule has 1 saturated heterocycles. The summed E-state index contributed by atoms with van der Waals surface area (Å²) in [4.78, 5) is 10.2. The summed E-state index contributed by atoms with van der Waals surface area (Å²) in [6.45, 7) is 10.7. The van der Waals surface area contributed by atoms with Crippen LogP contribution in [0.25, 0.3) is 0 Å². The third kappa shape index (κ3) is 7.80. The molecule has 27 heavy (non-hydrogen) atoms. The van der Waals surface area contributed by atoms with Crippen molar-refractivity contribution in [1.29, 1.82) is 0 Å². The SMILES string of the molecule is C=N/C=N\C(=C/CN1CCN(SCC)CC1)NCC(O)c1ccc(F)cc1. The van der Waals surface area contributed by atoms with Crippen LogP contribution in [0, 0.1) is 5.82 Å². The first-order chi connectivity index (χ1) is 13.1. The molecule has 1 heterocycles. The van der Waals surface area contributed by atoms with Gasteiger partial charge in [0, 0.05) is 45.0 Å². The molecule has 1 atom stereocenters. The number of aliphatic imine (C=N–C) groups is 2. The number of rotatable bonds is 10. The van der Waals surface area contributed by atoms with E-state index in [-0.39, 0.29) is 12.4 Å². The predicted octanol–water partition coefficient (Wildman–Crippen LogP) is 2.30. The van der Waals surface area contributed by atoms with Crippen LogP contribution in [0.5, 0.6) is 0 Å². The van der Waals surface area contributed by atoms with E-state index in [1.165, 1.54) is 18.5 Å². The number of piperazine rings is 1. The van der Waals surface area contributed by atoms with Crippen LogP contribution >= 0.6 is 11.9 Å². The quantitative estimate of drug-likeness (QED) is 0.363. The maximum Gasteiger partial charge on any atom is 0.125 e. The van der Waals surface area contributed by atoms with Gasteiger partial charge in [0.25, 0.3) is 0 Å². The van der Waals surface area contributed by atoms with Gasteiger partial charge in [-0.05, 0) is 30.5 Å². The topological polar surface area (TPSA) is 63.5 Å². The minimum atomic E-state index is -0.754. The number of nitrogens with zero attached hydrogens (tertiary/aromatic N) is 4. The lowest BCUT2D eigenvalue weighted by atomic mass is 10.1. The molecule has 0 aliphatic carbocycles. The molecule has 1 aromatic carbocycles. The van der Waals surface area contributed by atoms with Crippen molar-refractivity contribution < 1.29 is 9.50 Å². The van der Waals surface area contributed by atoms with Crippen LogP contribution in [-0.2, 0) is 0 Å². The molecule has 6 nitrogen and oxygen atoms in total. The molecule has 1 aromatic rings. The first-order valence-electron chi connectivity index (χ1n) is 9.08. The summed E-state index contributed by atoms with van der Waals surface area (Å²) in [6.07, 6.45) is 2.61. The second kappa shape index (κ2) is 11.9. The Morgan fingerprint density at radius 2 is 2.04 bits per heavy atom. The van der Waals surface area contributed by atoms with E-state index in [0.717, 1.165) is 38.5 Å². The van der Waals surface area contributed by atoms with Crippen LogP contribution < -0.4 is 5.32 Å². The average molecular weight is 394 g/mol. The average Bonchev–Trinajstić information content (AvgIpc) is 2.69. The summed E-state index contributed by atoms with van der Waals surface area (Å²) in [5, 5.41) is 13.4. The van der Waals surface area contributed by atoms with Crippen molar-refractivity contribution >= 4 is 25.0 Å². The highest BCUT2D eigenvalue weighted by Gasteiger charge is 2.16. The van der Waals surface area contributed by atoms with E-state index >= 15 is 0 Å². The Labute approximate surface area is 165 Å². The highest BCUT2D eigenvalue weighted by Crippen LogP contribution is 2.14. The van der Waals surface area contributed by atoms with Crippen molar-refractivity contribution in [2.45, 2.75) is 13.0 Å². The molecule has 0 bridgehead atoms. The highest BCUT2D eigenvalue weighted by atomic mass is 32.2. The third-order valence-electron chi connectivity index (χ3n) is 4.20. The highest BCUT2D eigenvalue weighted by molar-refractivity contribution is 7.96. The standard InChI is InChI=1S/C19H28FN5OS/c1-3-27-25-12-10-24(11-13-25)9-8-19(23-15-21-2)22-14-18(26)16-4-6-17(20)7-5-16/h4-8,15,18,22,26H,2-3,9-14H2,1H3/b19-8-,23-15-. The molecule has 1 aliphatic heterocycles. The monoisotopic (exact) mass is 393 g/mol. The number of nitrogens with one attached hydrogen (secondary N) is 1. The fraction of sp³-hybridized carbons (Fsp3) is 0.474. The van der Waals surface area contributed by atoms with E-state index in [1.54, 1.807) is 12.1 Å². The van der Waals surface area contributed by atoms with Crippen LogP contribution in [0.4, 0.5) is 4.39 Å². The van der Waals surface area contributed by atoms with Gasteiger partial charge in [0.1, 0.15) is 18.0 Å². The molecule has 0 radical (unpaired) electrons. The number of halogens is 1. The van der Waals surface area contributed by atoms with Crippen LogP contribution in [0.1, 0.15) is 18.6 Å². The lowest BCUT2D eigenvalue weighted by molar-refractivity contribution is 0.178. The van der Waals surface area contributed by atoms with Crippen molar-refractivity contribution in [2.75, 3.05) is 45.0 Å². The van der Waals surface area contributed by atoms with Crippen LogP contribution in [-0.4, -0.2) is 72.4 Å². The van der Waals surface area contributed by atoms with E-state index < -0.39 is 6.10 Å². The molecule has 0 saturated carbocycles. The van der Waals surface area contributed by atoms with Crippen molar-refractivity contribution in [2.24, 2.45) is 9.98 Å². The first-order valence-corrected chi connectivity index (χ1v) is 10.0. The number of aliphatic hydroxyl groups is 1. The lowest BCUT2D eigenvalue weighted by Gasteiger charge is -2.33. The zero-order valence-corrected chi connectivity index (χ0v) is 16.5. The molecule has 148 valence electrons. The minimum Gasteiger partial charge on any atom is -0.387 e. The van der Waals surface area contributed by atoms with Gasteiger partial charge in [-0.15, -0.1) is 0 Å². The maximum atomic E-state index is 13.0. The van der Waals surface area contributed by atoms with E-state index in [1.807, 2.05) is 18.0 Å². The van der Waals surface area contributed by atoms with Gasteiger partial charge in [-0.2, -0.15) is 0 Å². The van der Waals surface area contributed by atoms with Gasteiger partial charge in [0.05, 0.1) is 6.10 Å². The molecule has 0 spiro atoms. The molecule has 2 N–H and O–H groups in total. The Morgan fingerprint density at radius 3 is 2.67 bits per heavy atom. The Morgan fingerprint density at radius 1 is 1.33 bits per heavy atom. The summed E-state index contributed by atoms with van der Waals surface area (Å²) in [5.41, 5.74) is 0.652. The molecule has 1 fully saturated rings. The molecular weight excluding hydrogens is 365 g/mol. The van der Waals surface area contributed by atoms with E-state index in [2.05, 4.69) is 38.1 Å². The third-order valence-corrected chi connectivity index (χ3v) is 5.18. The zero-order valence-electron chi connectivity index (χ0n) is 15.7. The molecule has 2 rings (SSSR count). The van der Waals surface area contributed by atoms with Gasteiger partial charge < -0.3 is 10.4 Å². The zero-order chi connectivity index (χ0) is 19.5. The van der Waals surface area contributed by atoms with Gasteiger partial charge in [-0.1, -0.05) is 31.0 Å². The fourth-order valence-corrected chi connectivity index (χ4v) is 3.50. The van der Waals surface area contributed by atoms with Gasteiger partial charge in [-0.3, -0.25) is 9.89 Å². The molecular formula is C19H28FN5OS. The van der Waals surface area contributed by atoms with Gasteiger partial charge >= 0.3 is 0 Å². The normalized spacial score (nSPS) is 18.0. The summed E-state index contributed by atoms with van der Waals surface area (Å²) in [6, 6.07) is 5.83. The molecule has 8 heteroatoms. The number of benzene rings is 1. The summed E-state index contributed by atoms with van der Waals surface area (Å²) in [5.74, 6) is 1.42. The van der Waals surface area contributed by atoms with Crippen molar-refractivity contribution in [3.63, 3.8) is 0 Å². The second-order valence-electron chi connectivity index (χ2n) is 6.11. The van der Waals surface area contributed by atoms with Crippen LogP contribution in [0.3, 0.4) is 0 Å². The molecule has 0 aromatic heterocycles. The maximum absolute atomic E-state index is 13.0.